The smallest absolute Gasteiger partial charge is 0.416 e. The molecule has 1 aliphatic rings. The number of amides is 3. The first-order chi connectivity index (χ1) is 17.4. The first-order valence-electron chi connectivity index (χ1n) is 11.6. The maximum Gasteiger partial charge on any atom is 0.416 e. The SMILES string of the molecule is CCn1c(=O)n(CC)c2cc(N3CC(C(=O)O)C(=O)N(Cc4cccc(C(F)(F)F)c4C)C3=O)ccc21. The number of aryl methyl sites for hydroxylation is 2. The van der Waals surface area contributed by atoms with Crippen LogP contribution in [0.25, 0.3) is 11.0 Å². The summed E-state index contributed by atoms with van der Waals surface area (Å²) in [6.45, 7) is 4.64. The summed E-state index contributed by atoms with van der Waals surface area (Å²) in [5.41, 5.74) is 0.192. The van der Waals surface area contributed by atoms with Crippen molar-refractivity contribution in [1.29, 1.82) is 0 Å². The fourth-order valence-corrected chi connectivity index (χ4v) is 4.73. The summed E-state index contributed by atoms with van der Waals surface area (Å²) in [5.74, 6) is -4.08. The van der Waals surface area contributed by atoms with Gasteiger partial charge >= 0.3 is 23.9 Å². The third-order valence-electron chi connectivity index (χ3n) is 6.72. The topological polar surface area (TPSA) is 105 Å². The van der Waals surface area contributed by atoms with Gasteiger partial charge in [-0.1, -0.05) is 12.1 Å². The Morgan fingerprint density at radius 2 is 1.68 bits per heavy atom. The van der Waals surface area contributed by atoms with E-state index in [1.165, 1.54) is 23.6 Å². The zero-order valence-electron chi connectivity index (χ0n) is 20.4. The Bertz CT molecular complexity index is 1470. The summed E-state index contributed by atoms with van der Waals surface area (Å²) >= 11 is 0. The number of imidazole rings is 1. The van der Waals surface area contributed by atoms with Gasteiger partial charge in [0.25, 0.3) is 0 Å². The van der Waals surface area contributed by atoms with Gasteiger partial charge in [0.05, 0.1) is 23.1 Å². The lowest BCUT2D eigenvalue weighted by Gasteiger charge is -2.37. The number of hydrogen-bond acceptors (Lipinski definition) is 4. The van der Waals surface area contributed by atoms with Crippen LogP contribution >= 0.6 is 0 Å². The molecule has 1 aromatic heterocycles. The second kappa shape index (κ2) is 9.41. The van der Waals surface area contributed by atoms with E-state index in [9.17, 15) is 37.5 Å². The van der Waals surface area contributed by atoms with Crippen LogP contribution in [-0.4, -0.2) is 43.6 Å². The Balaban J connectivity index is 1.78. The van der Waals surface area contributed by atoms with Crippen LogP contribution in [-0.2, 0) is 35.4 Å². The predicted octanol–water partition coefficient (Wildman–Crippen LogP) is 3.84. The Morgan fingerprint density at radius 1 is 1.03 bits per heavy atom. The molecule has 12 heteroatoms. The average molecular weight is 518 g/mol. The molecule has 1 aliphatic heterocycles. The number of aliphatic carboxylic acids is 1. The molecule has 0 saturated carbocycles. The number of carboxylic acid groups (broad SMARTS) is 1. The number of aromatic nitrogens is 2. The molecule has 3 amide bonds. The fraction of sp³-hybridized carbons (Fsp3) is 0.360. The van der Waals surface area contributed by atoms with Crippen molar-refractivity contribution in [2.45, 2.75) is 46.6 Å². The monoisotopic (exact) mass is 518 g/mol. The normalized spacial score (nSPS) is 16.6. The van der Waals surface area contributed by atoms with Crippen molar-refractivity contribution in [3.05, 3.63) is 63.6 Å². The van der Waals surface area contributed by atoms with Gasteiger partial charge in [0.15, 0.2) is 5.92 Å². The Kier molecular flexibility index (Phi) is 6.61. The van der Waals surface area contributed by atoms with Crippen molar-refractivity contribution >= 4 is 34.6 Å². The van der Waals surface area contributed by atoms with Crippen LogP contribution < -0.4 is 10.6 Å². The molecule has 4 rings (SSSR count). The Labute approximate surface area is 209 Å². The van der Waals surface area contributed by atoms with Crippen molar-refractivity contribution < 1.29 is 32.7 Å². The van der Waals surface area contributed by atoms with Crippen molar-refractivity contribution in [2.75, 3.05) is 11.4 Å². The molecule has 0 bridgehead atoms. The lowest BCUT2D eigenvalue weighted by molar-refractivity contribution is -0.150. The summed E-state index contributed by atoms with van der Waals surface area (Å²) in [5, 5.41) is 9.69. The van der Waals surface area contributed by atoms with Crippen molar-refractivity contribution in [3.8, 4) is 0 Å². The summed E-state index contributed by atoms with van der Waals surface area (Å²) in [6, 6.07) is 7.34. The van der Waals surface area contributed by atoms with E-state index >= 15 is 0 Å². The van der Waals surface area contributed by atoms with Gasteiger partial charge in [-0.05, 0) is 56.2 Å². The molecule has 1 unspecified atom stereocenters. The molecule has 2 heterocycles. The van der Waals surface area contributed by atoms with E-state index in [4.69, 9.17) is 0 Å². The van der Waals surface area contributed by atoms with Gasteiger partial charge in [0, 0.05) is 25.3 Å². The lowest BCUT2D eigenvalue weighted by atomic mass is 9.99. The molecule has 2 aromatic carbocycles. The third-order valence-corrected chi connectivity index (χ3v) is 6.72. The number of alkyl halides is 3. The van der Waals surface area contributed by atoms with Gasteiger partial charge in [0.2, 0.25) is 5.91 Å². The molecule has 3 aromatic rings. The van der Waals surface area contributed by atoms with E-state index in [0.717, 1.165) is 11.0 Å². The van der Waals surface area contributed by atoms with Crippen LogP contribution in [0.15, 0.2) is 41.2 Å². The van der Waals surface area contributed by atoms with Crippen molar-refractivity contribution in [2.24, 2.45) is 5.92 Å². The lowest BCUT2D eigenvalue weighted by Crippen LogP contribution is -2.58. The standard InChI is InChI=1S/C25H25F3N4O5/c1-4-29-19-10-9-16(11-20(19)30(5-2)23(29)36)31-13-17(22(34)35)21(33)32(24(31)37)12-15-7-6-8-18(14(15)3)25(26,27)28/h6-11,17H,4-5,12-13H2,1-3H3,(H,34,35). The number of hydrogen-bond donors (Lipinski definition) is 1. The van der Waals surface area contributed by atoms with Gasteiger partial charge in [-0.25, -0.2) is 9.59 Å². The van der Waals surface area contributed by atoms with Crippen molar-refractivity contribution in [1.82, 2.24) is 14.0 Å². The number of benzene rings is 2. The number of carboxylic acids is 1. The van der Waals surface area contributed by atoms with Gasteiger partial charge in [0.1, 0.15) is 0 Å². The highest BCUT2D eigenvalue weighted by Gasteiger charge is 2.44. The first kappa shape index (κ1) is 26.0. The van der Waals surface area contributed by atoms with Crippen LogP contribution in [0.2, 0.25) is 0 Å². The number of imide groups is 1. The number of carbonyl (C=O) groups excluding carboxylic acids is 2. The van der Waals surface area contributed by atoms with Gasteiger partial charge in [-0.15, -0.1) is 0 Å². The number of fused-ring (bicyclic) bond motifs is 1. The zero-order valence-corrected chi connectivity index (χ0v) is 20.4. The fourth-order valence-electron chi connectivity index (χ4n) is 4.73. The third kappa shape index (κ3) is 4.36. The molecule has 9 nitrogen and oxygen atoms in total. The van der Waals surface area contributed by atoms with Crippen molar-refractivity contribution in [3.63, 3.8) is 0 Å². The zero-order chi connectivity index (χ0) is 27.2. The van der Waals surface area contributed by atoms with Gasteiger partial charge in [-0.2, -0.15) is 13.2 Å². The summed E-state index contributed by atoms with van der Waals surface area (Å²) in [6.07, 6.45) is -4.63. The van der Waals surface area contributed by atoms with E-state index in [1.54, 1.807) is 29.7 Å². The second-order valence-corrected chi connectivity index (χ2v) is 8.74. The minimum atomic E-state index is -4.63. The molecule has 0 radical (unpaired) electrons. The summed E-state index contributed by atoms with van der Waals surface area (Å²) in [7, 11) is 0. The number of rotatable bonds is 6. The average Bonchev–Trinajstić information content (AvgIpc) is 3.11. The molecule has 0 aliphatic carbocycles. The van der Waals surface area contributed by atoms with Crippen LogP contribution in [0.3, 0.4) is 0 Å². The first-order valence-corrected chi connectivity index (χ1v) is 11.6. The maximum atomic E-state index is 13.5. The summed E-state index contributed by atoms with van der Waals surface area (Å²) in [4.78, 5) is 52.8. The van der Waals surface area contributed by atoms with Crippen LogP contribution in [0.4, 0.5) is 23.7 Å². The minimum Gasteiger partial charge on any atom is -0.481 e. The predicted molar refractivity (Wildman–Crippen MR) is 128 cm³/mol. The van der Waals surface area contributed by atoms with Gasteiger partial charge in [-0.3, -0.25) is 28.5 Å². The number of nitrogens with zero attached hydrogens (tertiary/aromatic N) is 4. The molecule has 1 N–H and O–H groups in total. The van der Waals surface area contributed by atoms with Gasteiger partial charge < -0.3 is 5.11 Å². The van der Waals surface area contributed by atoms with Crippen LogP contribution in [0.1, 0.15) is 30.5 Å². The van der Waals surface area contributed by atoms with Crippen LogP contribution in [0, 0.1) is 12.8 Å². The highest BCUT2D eigenvalue weighted by atomic mass is 19.4. The molecule has 196 valence electrons. The van der Waals surface area contributed by atoms with E-state index < -0.39 is 48.7 Å². The van der Waals surface area contributed by atoms with E-state index in [2.05, 4.69) is 0 Å². The number of halogens is 3. The second-order valence-electron chi connectivity index (χ2n) is 8.74. The highest BCUT2D eigenvalue weighted by Crippen LogP contribution is 2.34. The number of anilines is 1. The Hall–Kier alpha value is -4.09. The van der Waals surface area contributed by atoms with E-state index in [0.29, 0.717) is 29.0 Å². The molecular formula is C25H25F3N4O5. The highest BCUT2D eigenvalue weighted by molar-refractivity contribution is 6.12. The minimum absolute atomic E-state index is 0.0674. The molecule has 1 fully saturated rings. The van der Waals surface area contributed by atoms with Crippen LogP contribution in [0.5, 0.6) is 0 Å². The number of urea groups is 1. The number of carbonyl (C=O) groups is 3. The quantitative estimate of drug-likeness (QED) is 0.500. The molecular weight excluding hydrogens is 493 g/mol. The molecule has 1 saturated heterocycles. The molecule has 37 heavy (non-hydrogen) atoms. The van der Waals surface area contributed by atoms with E-state index in [1.807, 2.05) is 6.92 Å². The van der Waals surface area contributed by atoms with E-state index in [-0.39, 0.29) is 22.5 Å². The molecule has 1 atom stereocenters. The largest absolute Gasteiger partial charge is 0.481 e. The maximum absolute atomic E-state index is 13.5. The summed E-state index contributed by atoms with van der Waals surface area (Å²) < 4.78 is 43.3. The Morgan fingerprint density at radius 3 is 2.27 bits per heavy atom. The molecule has 0 spiro atoms.